The Morgan fingerprint density at radius 3 is 2.30 bits per heavy atom. The maximum Gasteiger partial charge on any atom is 0.395 e. The minimum Gasteiger partial charge on any atom is -0.497 e. The summed E-state index contributed by atoms with van der Waals surface area (Å²) >= 11 is 0. The largest absolute Gasteiger partial charge is 0.497 e. The number of nitrogens with zero attached hydrogens (tertiary/aromatic N) is 2. The molecule has 0 saturated heterocycles. The van der Waals surface area contributed by atoms with Crippen LogP contribution < -0.4 is 15.0 Å². The third-order valence-electron chi connectivity index (χ3n) is 3.93. The standard InChI is InChI=1S/C20H15N3O7/c1-29-14-9-5-13(6-10-14)20(26)30-15-7-2-12(3-8-15)4-11-16-21-18(24)17(23(27)28)19(25)22-16/h2-11H,1H3,(H2,21,22,24,25)/b11-4-. The van der Waals surface area contributed by atoms with Gasteiger partial charge < -0.3 is 19.6 Å². The summed E-state index contributed by atoms with van der Waals surface area (Å²) in [6, 6.07) is 12.9. The predicted molar refractivity (Wildman–Crippen MR) is 106 cm³/mol. The van der Waals surface area contributed by atoms with Gasteiger partial charge in [0.15, 0.2) is 0 Å². The number of hydrogen-bond acceptors (Lipinski definition) is 8. The van der Waals surface area contributed by atoms with Crippen molar-refractivity contribution in [1.29, 1.82) is 0 Å². The van der Waals surface area contributed by atoms with E-state index in [9.17, 15) is 24.8 Å². The maximum atomic E-state index is 12.2. The summed E-state index contributed by atoms with van der Waals surface area (Å²) in [6.07, 6.45) is 2.92. The van der Waals surface area contributed by atoms with E-state index < -0.39 is 28.0 Å². The fourth-order valence-corrected chi connectivity index (χ4v) is 2.43. The topological polar surface area (TPSA) is 145 Å². The Morgan fingerprint density at radius 2 is 1.73 bits per heavy atom. The van der Waals surface area contributed by atoms with Crippen molar-refractivity contribution in [3.05, 3.63) is 86.0 Å². The molecule has 0 aliphatic rings. The first kappa shape index (κ1) is 20.3. The third kappa shape index (κ3) is 4.68. The number of hydrogen-bond donors (Lipinski definition) is 2. The first-order valence-electron chi connectivity index (χ1n) is 8.49. The number of rotatable bonds is 6. The van der Waals surface area contributed by atoms with E-state index in [1.54, 1.807) is 54.6 Å². The van der Waals surface area contributed by atoms with Crippen molar-refractivity contribution in [1.82, 2.24) is 9.97 Å². The zero-order chi connectivity index (χ0) is 21.7. The molecule has 0 unspecified atom stereocenters. The minimum atomic E-state index is -1.06. The Morgan fingerprint density at radius 1 is 1.10 bits per heavy atom. The average Bonchev–Trinajstić information content (AvgIpc) is 2.72. The van der Waals surface area contributed by atoms with Gasteiger partial charge in [0.25, 0.3) is 5.88 Å². The highest BCUT2D eigenvalue weighted by molar-refractivity contribution is 5.91. The third-order valence-corrected chi connectivity index (χ3v) is 3.93. The van der Waals surface area contributed by atoms with Crippen molar-refractivity contribution in [2.75, 3.05) is 7.11 Å². The van der Waals surface area contributed by atoms with Crippen LogP contribution in [0.4, 0.5) is 5.69 Å². The molecule has 0 atom stereocenters. The lowest BCUT2D eigenvalue weighted by atomic mass is 10.2. The molecule has 10 heteroatoms. The van der Waals surface area contributed by atoms with Crippen LogP contribution in [0.25, 0.3) is 12.2 Å². The molecule has 0 aliphatic heterocycles. The molecule has 0 amide bonds. The highest BCUT2D eigenvalue weighted by Gasteiger charge is 2.21. The molecule has 2 aromatic carbocycles. The number of H-pyrrole nitrogens is 1. The monoisotopic (exact) mass is 409 g/mol. The molecule has 0 fully saturated rings. The van der Waals surface area contributed by atoms with E-state index in [0.29, 0.717) is 22.6 Å². The molecule has 10 nitrogen and oxygen atoms in total. The van der Waals surface area contributed by atoms with Gasteiger partial charge >= 0.3 is 17.2 Å². The highest BCUT2D eigenvalue weighted by Crippen LogP contribution is 2.19. The van der Waals surface area contributed by atoms with Crippen LogP contribution in [0.2, 0.25) is 0 Å². The second-order valence-electron chi connectivity index (χ2n) is 5.90. The zero-order valence-electron chi connectivity index (χ0n) is 15.6. The number of methoxy groups -OCH3 is 1. The van der Waals surface area contributed by atoms with Crippen LogP contribution in [0.1, 0.15) is 21.7 Å². The number of aromatic nitrogens is 2. The van der Waals surface area contributed by atoms with Crippen LogP contribution in [-0.4, -0.2) is 33.1 Å². The molecule has 0 aliphatic carbocycles. The van der Waals surface area contributed by atoms with Gasteiger partial charge in [-0.1, -0.05) is 18.2 Å². The SMILES string of the molecule is COc1ccc(C(=O)Oc2ccc(/C=C\c3nc(O)c([N+](=O)[O-])c(=O)[nH]3)cc2)cc1. The number of nitrogens with one attached hydrogen (secondary N) is 1. The van der Waals surface area contributed by atoms with Crippen LogP contribution in [0.15, 0.2) is 53.3 Å². The fraction of sp³-hybridized carbons (Fsp3) is 0.0500. The lowest BCUT2D eigenvalue weighted by molar-refractivity contribution is -0.387. The van der Waals surface area contributed by atoms with Crippen LogP contribution in [0.3, 0.4) is 0 Å². The van der Waals surface area contributed by atoms with Gasteiger partial charge in [-0.25, -0.2) is 4.79 Å². The second-order valence-corrected chi connectivity index (χ2v) is 5.90. The first-order valence-corrected chi connectivity index (χ1v) is 8.49. The van der Waals surface area contributed by atoms with Gasteiger partial charge in [-0.3, -0.25) is 14.9 Å². The van der Waals surface area contributed by atoms with E-state index >= 15 is 0 Å². The number of aromatic amines is 1. The van der Waals surface area contributed by atoms with E-state index in [0.717, 1.165) is 0 Å². The molecular weight excluding hydrogens is 394 g/mol. The molecule has 152 valence electrons. The summed E-state index contributed by atoms with van der Waals surface area (Å²) < 4.78 is 10.3. The maximum absolute atomic E-state index is 12.2. The molecule has 30 heavy (non-hydrogen) atoms. The summed E-state index contributed by atoms with van der Waals surface area (Å²) in [5, 5.41) is 20.2. The number of ether oxygens (including phenoxy) is 2. The highest BCUT2D eigenvalue weighted by atomic mass is 16.6. The van der Waals surface area contributed by atoms with Crippen LogP contribution in [0.5, 0.6) is 17.4 Å². The van der Waals surface area contributed by atoms with Gasteiger partial charge in [0.05, 0.1) is 17.6 Å². The van der Waals surface area contributed by atoms with Gasteiger partial charge in [-0.2, -0.15) is 4.98 Å². The zero-order valence-corrected chi connectivity index (χ0v) is 15.6. The Labute approximate surface area is 169 Å². The van der Waals surface area contributed by atoms with E-state index in [1.165, 1.54) is 13.2 Å². The van der Waals surface area contributed by atoms with Crippen molar-refractivity contribution in [3.8, 4) is 17.4 Å². The Balaban J connectivity index is 1.69. The molecule has 1 aromatic heterocycles. The van der Waals surface area contributed by atoms with Crippen molar-refractivity contribution in [2.45, 2.75) is 0 Å². The number of carbonyl (C=O) groups excluding carboxylic acids is 1. The molecule has 0 bridgehead atoms. The lowest BCUT2D eigenvalue weighted by Crippen LogP contribution is -2.14. The quantitative estimate of drug-likeness (QED) is 0.274. The summed E-state index contributed by atoms with van der Waals surface area (Å²) in [4.78, 5) is 39.2. The number of esters is 1. The molecule has 0 saturated carbocycles. The van der Waals surface area contributed by atoms with Crippen LogP contribution in [0, 0.1) is 10.1 Å². The Hall–Kier alpha value is -4.47. The average molecular weight is 409 g/mol. The Bertz CT molecular complexity index is 1170. The summed E-state index contributed by atoms with van der Waals surface area (Å²) in [5.41, 5.74) is -1.05. The van der Waals surface area contributed by atoms with Crippen LogP contribution >= 0.6 is 0 Å². The van der Waals surface area contributed by atoms with Crippen molar-refractivity contribution in [3.63, 3.8) is 0 Å². The number of carbonyl (C=O) groups is 1. The van der Waals surface area contributed by atoms with E-state index in [-0.39, 0.29) is 5.82 Å². The van der Waals surface area contributed by atoms with Gasteiger partial charge in [-0.15, -0.1) is 0 Å². The second kappa shape index (κ2) is 8.69. The normalized spacial score (nSPS) is 10.7. The van der Waals surface area contributed by atoms with Crippen molar-refractivity contribution < 1.29 is 24.3 Å². The number of nitro groups is 1. The first-order chi connectivity index (χ1) is 14.4. The molecule has 0 radical (unpaired) electrons. The van der Waals surface area contributed by atoms with Crippen molar-refractivity contribution in [2.24, 2.45) is 0 Å². The number of aromatic hydroxyl groups is 1. The van der Waals surface area contributed by atoms with Crippen LogP contribution in [-0.2, 0) is 0 Å². The molecule has 0 spiro atoms. The smallest absolute Gasteiger partial charge is 0.395 e. The summed E-state index contributed by atoms with van der Waals surface area (Å²) in [5.74, 6) is -0.598. The van der Waals surface area contributed by atoms with Gasteiger partial charge in [-0.05, 0) is 48.0 Å². The van der Waals surface area contributed by atoms with Gasteiger partial charge in [0.2, 0.25) is 0 Å². The van der Waals surface area contributed by atoms with Gasteiger partial charge in [0.1, 0.15) is 17.3 Å². The molecule has 1 heterocycles. The van der Waals surface area contributed by atoms with Gasteiger partial charge in [0, 0.05) is 0 Å². The van der Waals surface area contributed by atoms with E-state index in [1.807, 2.05) is 0 Å². The molecule has 3 rings (SSSR count). The Kier molecular flexibility index (Phi) is 5.87. The molecular formula is C20H15N3O7. The van der Waals surface area contributed by atoms with E-state index in [2.05, 4.69) is 9.97 Å². The molecule has 2 N–H and O–H groups in total. The fourth-order valence-electron chi connectivity index (χ4n) is 2.43. The van der Waals surface area contributed by atoms with E-state index in [4.69, 9.17) is 9.47 Å². The molecule has 3 aromatic rings. The number of benzene rings is 2. The van der Waals surface area contributed by atoms with Crippen molar-refractivity contribution >= 4 is 23.8 Å². The summed E-state index contributed by atoms with van der Waals surface area (Å²) in [6.45, 7) is 0. The lowest BCUT2D eigenvalue weighted by Gasteiger charge is -2.05. The minimum absolute atomic E-state index is 0.0573. The summed E-state index contributed by atoms with van der Waals surface area (Å²) in [7, 11) is 1.53. The predicted octanol–water partition coefficient (Wildman–Crippen LogP) is 2.78.